The van der Waals surface area contributed by atoms with E-state index in [1.54, 1.807) is 6.33 Å². The predicted octanol–water partition coefficient (Wildman–Crippen LogP) is 2.76. The summed E-state index contributed by atoms with van der Waals surface area (Å²) in [7, 11) is 0. The van der Waals surface area contributed by atoms with Crippen molar-refractivity contribution in [3.63, 3.8) is 0 Å². The van der Waals surface area contributed by atoms with Crippen LogP contribution in [0.5, 0.6) is 0 Å². The molecule has 1 aromatic heterocycles. The van der Waals surface area contributed by atoms with Gasteiger partial charge in [0.15, 0.2) is 0 Å². The standard InChI is InChI=1S/C21H23N3O2/c25-20(17-10-9-15-5-1-2-6-16(15)11-17)12-22-21(26)13-24-14-23-18-7-3-4-8-19(18)24/h1-2,5-6,9-11,14,20,25H,3-4,7-8,12-13H2,(H,22,26). The first-order chi connectivity index (χ1) is 12.7. The van der Waals surface area contributed by atoms with Gasteiger partial charge in [0.05, 0.1) is 18.1 Å². The van der Waals surface area contributed by atoms with Crippen molar-refractivity contribution in [2.75, 3.05) is 6.54 Å². The lowest BCUT2D eigenvalue weighted by molar-refractivity contribution is -0.122. The molecular formula is C21H23N3O2. The maximum atomic E-state index is 12.3. The van der Waals surface area contributed by atoms with Crippen molar-refractivity contribution in [2.45, 2.75) is 38.3 Å². The van der Waals surface area contributed by atoms with Gasteiger partial charge in [0.25, 0.3) is 0 Å². The van der Waals surface area contributed by atoms with Crippen LogP contribution < -0.4 is 5.32 Å². The van der Waals surface area contributed by atoms with E-state index in [1.165, 1.54) is 12.1 Å². The van der Waals surface area contributed by atoms with Gasteiger partial charge in [0, 0.05) is 12.2 Å². The Morgan fingerprint density at radius 3 is 2.85 bits per heavy atom. The fourth-order valence-electron chi connectivity index (χ4n) is 3.62. The van der Waals surface area contributed by atoms with E-state index in [-0.39, 0.29) is 19.0 Å². The van der Waals surface area contributed by atoms with Crippen LogP contribution in [0.2, 0.25) is 0 Å². The number of aromatic nitrogens is 2. The number of hydrogen-bond acceptors (Lipinski definition) is 3. The SMILES string of the molecule is O=C(Cn1cnc2c1CCCC2)NCC(O)c1ccc2ccccc2c1. The average molecular weight is 349 g/mol. The topological polar surface area (TPSA) is 67.2 Å². The van der Waals surface area contributed by atoms with Crippen LogP contribution in [0.3, 0.4) is 0 Å². The minimum Gasteiger partial charge on any atom is -0.387 e. The summed E-state index contributed by atoms with van der Waals surface area (Å²) in [6.45, 7) is 0.459. The summed E-state index contributed by atoms with van der Waals surface area (Å²) in [5, 5.41) is 15.5. The summed E-state index contributed by atoms with van der Waals surface area (Å²) in [6, 6.07) is 13.9. The first kappa shape index (κ1) is 16.8. The van der Waals surface area contributed by atoms with Crippen LogP contribution in [0.4, 0.5) is 0 Å². The summed E-state index contributed by atoms with van der Waals surface area (Å²) in [4.78, 5) is 16.7. The highest BCUT2D eigenvalue weighted by atomic mass is 16.3. The number of rotatable bonds is 5. The molecule has 3 aromatic rings. The number of carbonyl (C=O) groups is 1. The van der Waals surface area contributed by atoms with Crippen LogP contribution in [0.15, 0.2) is 48.8 Å². The van der Waals surface area contributed by atoms with E-state index in [0.29, 0.717) is 0 Å². The molecule has 0 fully saturated rings. The second kappa shape index (κ2) is 7.30. The molecule has 1 aliphatic rings. The van der Waals surface area contributed by atoms with Crippen molar-refractivity contribution >= 4 is 16.7 Å². The number of aliphatic hydroxyl groups excluding tert-OH is 1. The fraction of sp³-hybridized carbons (Fsp3) is 0.333. The van der Waals surface area contributed by atoms with Gasteiger partial charge in [-0.25, -0.2) is 4.98 Å². The number of benzene rings is 2. The maximum Gasteiger partial charge on any atom is 0.240 e. The third-order valence-corrected chi connectivity index (χ3v) is 5.07. The highest BCUT2D eigenvalue weighted by Gasteiger charge is 2.17. The molecule has 2 N–H and O–H groups in total. The van der Waals surface area contributed by atoms with Gasteiger partial charge in [-0.3, -0.25) is 4.79 Å². The predicted molar refractivity (Wildman–Crippen MR) is 101 cm³/mol. The van der Waals surface area contributed by atoms with E-state index in [4.69, 9.17) is 0 Å². The summed E-state index contributed by atoms with van der Waals surface area (Å²) < 4.78 is 1.94. The van der Waals surface area contributed by atoms with Crippen molar-refractivity contribution in [1.29, 1.82) is 0 Å². The minimum absolute atomic E-state index is 0.101. The molecule has 4 rings (SSSR count). The number of fused-ring (bicyclic) bond motifs is 2. The van der Waals surface area contributed by atoms with Crippen LogP contribution in [0.25, 0.3) is 10.8 Å². The summed E-state index contributed by atoms with van der Waals surface area (Å²) in [5.41, 5.74) is 3.12. The lowest BCUT2D eigenvalue weighted by Crippen LogP contribution is -2.31. The number of nitrogens with zero attached hydrogens (tertiary/aromatic N) is 2. The number of hydrogen-bond donors (Lipinski definition) is 2. The quantitative estimate of drug-likeness (QED) is 0.744. The van der Waals surface area contributed by atoms with Gasteiger partial charge in [-0.1, -0.05) is 36.4 Å². The molecule has 26 heavy (non-hydrogen) atoms. The second-order valence-electron chi connectivity index (χ2n) is 6.90. The van der Waals surface area contributed by atoms with E-state index in [9.17, 15) is 9.90 Å². The zero-order valence-corrected chi connectivity index (χ0v) is 14.7. The van der Waals surface area contributed by atoms with Crippen LogP contribution in [-0.2, 0) is 24.2 Å². The Morgan fingerprint density at radius 1 is 1.15 bits per heavy atom. The lowest BCUT2D eigenvalue weighted by Gasteiger charge is -2.15. The molecule has 5 heteroatoms. The smallest absolute Gasteiger partial charge is 0.240 e. The Morgan fingerprint density at radius 2 is 1.96 bits per heavy atom. The van der Waals surface area contributed by atoms with Gasteiger partial charge in [-0.2, -0.15) is 0 Å². The molecule has 134 valence electrons. The Hall–Kier alpha value is -2.66. The molecule has 1 aliphatic carbocycles. The number of aryl methyl sites for hydroxylation is 1. The van der Waals surface area contributed by atoms with Gasteiger partial charge < -0.3 is 15.0 Å². The van der Waals surface area contributed by atoms with E-state index in [1.807, 2.05) is 47.0 Å². The molecule has 0 aliphatic heterocycles. The van der Waals surface area contributed by atoms with Crippen molar-refractivity contribution in [2.24, 2.45) is 0 Å². The Labute approximate surface area is 152 Å². The molecule has 0 saturated heterocycles. The van der Waals surface area contributed by atoms with Gasteiger partial charge >= 0.3 is 0 Å². The Bertz CT molecular complexity index is 932. The van der Waals surface area contributed by atoms with Gasteiger partial charge in [-0.05, 0) is 48.1 Å². The zero-order chi connectivity index (χ0) is 17.9. The molecule has 1 heterocycles. The van der Waals surface area contributed by atoms with Crippen molar-refractivity contribution < 1.29 is 9.90 Å². The molecule has 0 bridgehead atoms. The minimum atomic E-state index is -0.722. The first-order valence-electron chi connectivity index (χ1n) is 9.17. The third-order valence-electron chi connectivity index (χ3n) is 5.07. The highest BCUT2D eigenvalue weighted by molar-refractivity contribution is 5.83. The van der Waals surface area contributed by atoms with Crippen LogP contribution in [0.1, 0.15) is 35.9 Å². The summed E-state index contributed by atoms with van der Waals surface area (Å²) >= 11 is 0. The molecule has 1 unspecified atom stereocenters. The van der Waals surface area contributed by atoms with E-state index >= 15 is 0 Å². The molecule has 0 saturated carbocycles. The van der Waals surface area contributed by atoms with Crippen LogP contribution in [0, 0.1) is 0 Å². The maximum absolute atomic E-state index is 12.3. The van der Waals surface area contributed by atoms with Crippen molar-refractivity contribution in [1.82, 2.24) is 14.9 Å². The largest absolute Gasteiger partial charge is 0.387 e. The first-order valence-corrected chi connectivity index (χ1v) is 9.17. The fourth-order valence-corrected chi connectivity index (χ4v) is 3.62. The van der Waals surface area contributed by atoms with Gasteiger partial charge in [0.2, 0.25) is 5.91 Å². The molecule has 1 atom stereocenters. The number of nitrogens with one attached hydrogen (secondary N) is 1. The number of carbonyl (C=O) groups excluding carboxylic acids is 1. The number of amides is 1. The van der Waals surface area contributed by atoms with E-state index < -0.39 is 6.10 Å². The lowest BCUT2D eigenvalue weighted by atomic mass is 10.0. The normalized spacial score (nSPS) is 14.8. The molecule has 2 aromatic carbocycles. The zero-order valence-electron chi connectivity index (χ0n) is 14.7. The van der Waals surface area contributed by atoms with Gasteiger partial charge in [-0.15, -0.1) is 0 Å². The highest BCUT2D eigenvalue weighted by Crippen LogP contribution is 2.21. The van der Waals surface area contributed by atoms with Gasteiger partial charge in [0.1, 0.15) is 6.54 Å². The van der Waals surface area contributed by atoms with E-state index in [2.05, 4.69) is 10.3 Å². The van der Waals surface area contributed by atoms with Crippen molar-refractivity contribution in [3.8, 4) is 0 Å². The van der Waals surface area contributed by atoms with E-state index in [0.717, 1.165) is 41.3 Å². The molecule has 0 spiro atoms. The molecule has 5 nitrogen and oxygen atoms in total. The number of imidazole rings is 1. The van der Waals surface area contributed by atoms with Crippen molar-refractivity contribution in [3.05, 3.63) is 65.7 Å². The van der Waals surface area contributed by atoms with Crippen LogP contribution in [-0.4, -0.2) is 27.1 Å². The average Bonchev–Trinajstić information content (AvgIpc) is 3.08. The van der Waals surface area contributed by atoms with Crippen LogP contribution >= 0.6 is 0 Å². The summed E-state index contributed by atoms with van der Waals surface area (Å²) in [5.74, 6) is -0.101. The third kappa shape index (κ3) is 3.48. The second-order valence-corrected chi connectivity index (χ2v) is 6.90. The monoisotopic (exact) mass is 349 g/mol. The summed E-state index contributed by atoms with van der Waals surface area (Å²) in [6.07, 6.45) is 5.36. The number of aliphatic hydroxyl groups is 1. The Kier molecular flexibility index (Phi) is 4.71. The molecule has 1 amide bonds. The Balaban J connectivity index is 1.36. The molecule has 0 radical (unpaired) electrons. The molecular weight excluding hydrogens is 326 g/mol.